The molecule has 7 nitrogen and oxygen atoms in total. The van der Waals surface area contributed by atoms with E-state index in [1.54, 1.807) is 60.7 Å². The summed E-state index contributed by atoms with van der Waals surface area (Å²) < 4.78 is 5.87. The zero-order valence-electron chi connectivity index (χ0n) is 14.0. The van der Waals surface area contributed by atoms with Crippen molar-refractivity contribution in [1.29, 1.82) is 0 Å². The lowest BCUT2D eigenvalue weighted by Gasteiger charge is -2.30. The lowest BCUT2D eigenvalue weighted by Crippen LogP contribution is -2.53. The molecule has 3 aromatic carbocycles. The van der Waals surface area contributed by atoms with Crippen molar-refractivity contribution in [2.24, 2.45) is 0 Å². The third-order valence-electron chi connectivity index (χ3n) is 4.32. The number of hydrogen-bond donors (Lipinski definition) is 3. The topological polar surface area (TPSA) is 121 Å². The SMILES string of the molecule is O=C1OC(c2ccc(O)cc2)(c2ccc(O)cc2)c2ccccc21.O=[NH+][O-]. The van der Waals surface area contributed by atoms with Crippen LogP contribution in [0, 0.1) is 10.1 Å². The number of carbonyl (C=O) groups excluding carboxylic acids is 1. The normalized spacial score (nSPS) is 13.7. The molecule has 0 bridgehead atoms. The Morgan fingerprint density at radius 1 is 0.815 bits per heavy atom. The highest BCUT2D eigenvalue weighted by molar-refractivity contribution is 5.96. The lowest BCUT2D eigenvalue weighted by molar-refractivity contribution is -0.398. The molecule has 1 aliphatic rings. The Hall–Kier alpha value is -3.87. The zero-order chi connectivity index (χ0) is 19.4. The third-order valence-corrected chi connectivity index (χ3v) is 4.32. The molecule has 1 heterocycles. The standard InChI is InChI=1S/C20H14O4.HNO2/c21-15-9-5-13(6-10-15)20(14-7-11-16(22)12-8-14)18-4-2-1-3-17(18)19(23)24-20;2-1-3/h1-12,21-22H;1H. The number of aromatic hydroxyl groups is 2. The molecule has 0 atom stereocenters. The molecule has 0 aromatic heterocycles. The van der Waals surface area contributed by atoms with E-state index in [9.17, 15) is 15.0 Å². The number of esters is 1. The average Bonchev–Trinajstić information content (AvgIpc) is 2.98. The summed E-state index contributed by atoms with van der Waals surface area (Å²) >= 11 is 0. The van der Waals surface area contributed by atoms with Crippen LogP contribution in [0.25, 0.3) is 0 Å². The first kappa shape index (κ1) is 17.9. The van der Waals surface area contributed by atoms with E-state index < -0.39 is 11.6 Å². The second-order valence-corrected chi connectivity index (χ2v) is 5.79. The number of rotatable bonds is 2. The maximum absolute atomic E-state index is 12.4. The summed E-state index contributed by atoms with van der Waals surface area (Å²) in [6.07, 6.45) is 0. The van der Waals surface area contributed by atoms with Crippen molar-refractivity contribution in [2.45, 2.75) is 5.60 Å². The Kier molecular flexibility index (Phi) is 4.76. The Bertz CT molecular complexity index is 921. The van der Waals surface area contributed by atoms with Crippen LogP contribution in [0.1, 0.15) is 27.0 Å². The highest BCUT2D eigenvalue weighted by Gasteiger charge is 2.48. The fraction of sp³-hybridized carbons (Fsp3) is 0.0500. The van der Waals surface area contributed by atoms with Crippen LogP contribution in [0.3, 0.4) is 0 Å². The minimum Gasteiger partial charge on any atom is -0.508 e. The van der Waals surface area contributed by atoms with E-state index in [2.05, 4.69) is 0 Å². The molecule has 0 saturated carbocycles. The molecule has 27 heavy (non-hydrogen) atoms. The van der Waals surface area contributed by atoms with Gasteiger partial charge in [-0.3, -0.25) is 10.1 Å². The summed E-state index contributed by atoms with van der Waals surface area (Å²) in [5, 5.41) is 27.6. The van der Waals surface area contributed by atoms with Gasteiger partial charge in [0.25, 0.3) is 0 Å². The minimum absolute atomic E-state index is 0.136. The van der Waals surface area contributed by atoms with Crippen molar-refractivity contribution in [3.05, 3.63) is 105 Å². The number of benzene rings is 3. The smallest absolute Gasteiger partial charge is 0.340 e. The largest absolute Gasteiger partial charge is 0.508 e. The van der Waals surface area contributed by atoms with Gasteiger partial charge in [-0.15, -0.1) is 0 Å². The van der Waals surface area contributed by atoms with Crippen molar-refractivity contribution in [3.63, 3.8) is 0 Å². The van der Waals surface area contributed by atoms with Gasteiger partial charge in [-0.2, -0.15) is 0 Å². The Morgan fingerprint density at radius 2 is 1.26 bits per heavy atom. The lowest BCUT2D eigenvalue weighted by atomic mass is 9.80. The molecule has 136 valence electrons. The summed E-state index contributed by atoms with van der Waals surface area (Å²) in [5.41, 5.74) is 1.60. The molecule has 0 saturated heterocycles. The number of phenols is 2. The predicted octanol–water partition coefficient (Wildman–Crippen LogP) is 1.89. The van der Waals surface area contributed by atoms with Gasteiger partial charge in [0.2, 0.25) is 0 Å². The van der Waals surface area contributed by atoms with Gasteiger partial charge in [0, 0.05) is 22.0 Å². The second-order valence-electron chi connectivity index (χ2n) is 5.79. The number of nitrogens with one attached hydrogen (secondary N) is 1. The fourth-order valence-corrected chi connectivity index (χ4v) is 3.20. The molecule has 0 amide bonds. The number of phenolic OH excluding ortho intramolecular Hbond substituents is 2. The average molecular weight is 365 g/mol. The number of cyclic esters (lactones) is 1. The first-order chi connectivity index (χ1) is 13.0. The van der Waals surface area contributed by atoms with Crippen molar-refractivity contribution in [2.75, 3.05) is 0 Å². The fourth-order valence-electron chi connectivity index (χ4n) is 3.20. The van der Waals surface area contributed by atoms with Gasteiger partial charge in [-0.25, -0.2) is 4.79 Å². The van der Waals surface area contributed by atoms with Crippen LogP contribution in [0.5, 0.6) is 11.5 Å². The number of carbonyl (C=O) groups is 1. The molecular formula is C20H15NO6. The highest BCUT2D eigenvalue weighted by atomic mass is 16.6. The van der Waals surface area contributed by atoms with Gasteiger partial charge in [0.1, 0.15) is 11.5 Å². The van der Waals surface area contributed by atoms with Crippen LogP contribution in [-0.2, 0) is 10.3 Å². The number of ether oxygens (including phenoxy) is 1. The van der Waals surface area contributed by atoms with E-state index in [0.717, 1.165) is 16.7 Å². The van der Waals surface area contributed by atoms with Crippen molar-refractivity contribution < 1.29 is 25.1 Å². The number of fused-ring (bicyclic) bond motifs is 1. The summed E-state index contributed by atoms with van der Waals surface area (Å²) in [6.45, 7) is 0. The Morgan fingerprint density at radius 3 is 1.74 bits per heavy atom. The van der Waals surface area contributed by atoms with E-state index in [-0.39, 0.29) is 16.8 Å². The number of hydrogen-bond acceptors (Lipinski definition) is 6. The van der Waals surface area contributed by atoms with Crippen LogP contribution in [-0.4, -0.2) is 16.2 Å². The molecule has 3 aromatic rings. The highest BCUT2D eigenvalue weighted by Crippen LogP contribution is 2.47. The second kappa shape index (κ2) is 7.17. The molecule has 1 aliphatic heterocycles. The summed E-state index contributed by atoms with van der Waals surface area (Å²) in [6, 6.07) is 20.4. The molecule has 0 spiro atoms. The zero-order valence-corrected chi connectivity index (χ0v) is 14.0. The third kappa shape index (κ3) is 3.06. The van der Waals surface area contributed by atoms with E-state index >= 15 is 0 Å². The minimum atomic E-state index is -1.10. The van der Waals surface area contributed by atoms with E-state index in [1.807, 2.05) is 12.1 Å². The van der Waals surface area contributed by atoms with Gasteiger partial charge >= 0.3 is 5.97 Å². The maximum atomic E-state index is 12.4. The summed E-state index contributed by atoms with van der Waals surface area (Å²) in [5.74, 6) is -0.124. The monoisotopic (exact) mass is 365 g/mol. The molecule has 0 unspecified atom stereocenters. The van der Waals surface area contributed by atoms with Crippen LogP contribution in [0.15, 0.2) is 72.8 Å². The summed E-state index contributed by atoms with van der Waals surface area (Å²) in [7, 11) is 0. The van der Waals surface area contributed by atoms with Gasteiger partial charge in [0.05, 0.1) is 5.56 Å². The summed E-state index contributed by atoms with van der Waals surface area (Å²) in [4.78, 5) is 20.6. The van der Waals surface area contributed by atoms with Gasteiger partial charge in [0.15, 0.2) is 5.60 Å². The van der Waals surface area contributed by atoms with E-state index in [4.69, 9.17) is 14.9 Å². The molecule has 4 rings (SSSR count). The van der Waals surface area contributed by atoms with Crippen molar-refractivity contribution in [1.82, 2.24) is 0 Å². The molecule has 0 radical (unpaired) electrons. The van der Waals surface area contributed by atoms with Crippen LogP contribution in [0.2, 0.25) is 0 Å². The Balaban J connectivity index is 0.000000659. The first-order valence-electron chi connectivity index (χ1n) is 7.94. The van der Waals surface area contributed by atoms with Gasteiger partial charge < -0.3 is 14.9 Å². The van der Waals surface area contributed by atoms with Crippen molar-refractivity contribution >= 4 is 5.97 Å². The first-order valence-corrected chi connectivity index (χ1v) is 7.94. The van der Waals surface area contributed by atoms with Crippen molar-refractivity contribution in [3.8, 4) is 11.5 Å². The van der Waals surface area contributed by atoms with Crippen LogP contribution >= 0.6 is 0 Å². The van der Waals surface area contributed by atoms with E-state index in [0.29, 0.717) is 5.56 Å². The molecule has 0 aliphatic carbocycles. The Labute approximate surface area is 154 Å². The van der Waals surface area contributed by atoms with Crippen LogP contribution < -0.4 is 5.34 Å². The molecule has 7 heteroatoms. The van der Waals surface area contributed by atoms with Gasteiger partial charge in [-0.05, 0) is 30.3 Å². The van der Waals surface area contributed by atoms with Gasteiger partial charge in [-0.1, -0.05) is 42.5 Å². The predicted molar refractivity (Wildman–Crippen MR) is 95.6 cm³/mol. The maximum Gasteiger partial charge on any atom is 0.340 e. The molecular weight excluding hydrogens is 350 g/mol. The molecule has 0 fully saturated rings. The van der Waals surface area contributed by atoms with Crippen LogP contribution in [0.4, 0.5) is 0 Å². The quantitative estimate of drug-likeness (QED) is 0.362. The van der Waals surface area contributed by atoms with E-state index in [1.165, 1.54) is 0 Å². The molecule has 3 N–H and O–H groups in total.